The highest BCUT2D eigenvalue weighted by Gasteiger charge is 2.41. The Hall–Kier alpha value is -1.02. The van der Waals surface area contributed by atoms with E-state index in [1.54, 1.807) is 0 Å². The minimum atomic E-state index is 0.0993. The van der Waals surface area contributed by atoms with E-state index in [2.05, 4.69) is 43.4 Å². The van der Waals surface area contributed by atoms with E-state index >= 15 is 0 Å². The van der Waals surface area contributed by atoms with Gasteiger partial charge < -0.3 is 10.1 Å². The van der Waals surface area contributed by atoms with Gasteiger partial charge in [0.25, 0.3) is 0 Å². The fourth-order valence-electron chi connectivity index (χ4n) is 3.85. The lowest BCUT2D eigenvalue weighted by atomic mass is 9.77. The molecule has 1 saturated carbocycles. The van der Waals surface area contributed by atoms with Gasteiger partial charge in [0.05, 0.1) is 0 Å². The van der Waals surface area contributed by atoms with Crippen LogP contribution in [0.4, 0.5) is 0 Å². The molecule has 0 bridgehead atoms. The summed E-state index contributed by atoms with van der Waals surface area (Å²) in [6.45, 7) is 5.69. The highest BCUT2D eigenvalue weighted by Crippen LogP contribution is 2.45. The van der Waals surface area contributed by atoms with Gasteiger partial charge in [-0.3, -0.25) is 0 Å². The molecule has 0 radical (unpaired) electrons. The van der Waals surface area contributed by atoms with Gasteiger partial charge in [0.2, 0.25) is 0 Å². The lowest BCUT2D eigenvalue weighted by molar-refractivity contribution is -0.00272. The van der Waals surface area contributed by atoms with Crippen LogP contribution in [0.5, 0.6) is 5.75 Å². The molecule has 1 heterocycles. The minimum absolute atomic E-state index is 0.0993. The van der Waals surface area contributed by atoms with E-state index in [0.29, 0.717) is 6.04 Å². The third kappa shape index (κ3) is 3.42. The number of nitrogens with one attached hydrogen (secondary N) is 1. The molecule has 116 valence electrons. The Morgan fingerprint density at radius 3 is 2.71 bits per heavy atom. The van der Waals surface area contributed by atoms with E-state index in [1.807, 2.05) is 0 Å². The first kappa shape index (κ1) is 14.9. The highest BCUT2D eigenvalue weighted by molar-refractivity contribution is 5.39. The van der Waals surface area contributed by atoms with Crippen LogP contribution in [0.15, 0.2) is 24.3 Å². The van der Waals surface area contributed by atoms with Crippen molar-refractivity contribution in [2.75, 3.05) is 6.54 Å². The summed E-state index contributed by atoms with van der Waals surface area (Å²) in [6, 6.07) is 9.09. The smallest absolute Gasteiger partial charge is 0.124 e. The monoisotopic (exact) mass is 287 g/mol. The van der Waals surface area contributed by atoms with Gasteiger partial charge in [-0.1, -0.05) is 38.5 Å². The van der Waals surface area contributed by atoms with Gasteiger partial charge in [-0.15, -0.1) is 0 Å². The quantitative estimate of drug-likeness (QED) is 0.855. The molecule has 1 N–H and O–H groups in total. The van der Waals surface area contributed by atoms with Gasteiger partial charge in [0.15, 0.2) is 0 Å². The predicted octanol–water partition coefficient (Wildman–Crippen LogP) is 4.85. The second-order valence-electron chi connectivity index (χ2n) is 7.28. The SMILES string of the molecule is CC(C)CCNC1CC2(CCCCC2)Oc2ccccc21. The fraction of sp³-hybridized carbons (Fsp3) is 0.684. The van der Waals surface area contributed by atoms with Crippen molar-refractivity contribution >= 4 is 0 Å². The van der Waals surface area contributed by atoms with Gasteiger partial charge in [-0.2, -0.15) is 0 Å². The average molecular weight is 287 g/mol. The second kappa shape index (κ2) is 6.39. The Bertz CT molecular complexity index is 462. The van der Waals surface area contributed by atoms with E-state index in [0.717, 1.165) is 24.6 Å². The van der Waals surface area contributed by atoms with Crippen molar-refractivity contribution in [1.29, 1.82) is 0 Å². The largest absolute Gasteiger partial charge is 0.487 e. The Kier molecular flexibility index (Phi) is 4.54. The van der Waals surface area contributed by atoms with E-state index in [9.17, 15) is 0 Å². The van der Waals surface area contributed by atoms with Crippen LogP contribution in [0.1, 0.15) is 70.4 Å². The summed E-state index contributed by atoms with van der Waals surface area (Å²) < 4.78 is 6.48. The van der Waals surface area contributed by atoms with Crippen molar-refractivity contribution in [3.05, 3.63) is 29.8 Å². The maximum absolute atomic E-state index is 6.48. The number of fused-ring (bicyclic) bond motifs is 1. The second-order valence-corrected chi connectivity index (χ2v) is 7.28. The van der Waals surface area contributed by atoms with E-state index in [1.165, 1.54) is 44.1 Å². The average Bonchev–Trinajstić information content (AvgIpc) is 2.47. The summed E-state index contributed by atoms with van der Waals surface area (Å²) in [4.78, 5) is 0. The van der Waals surface area contributed by atoms with Gasteiger partial charge >= 0.3 is 0 Å². The Labute approximate surface area is 129 Å². The first-order chi connectivity index (χ1) is 10.2. The van der Waals surface area contributed by atoms with Crippen molar-refractivity contribution in [2.45, 2.75) is 70.4 Å². The minimum Gasteiger partial charge on any atom is -0.487 e. The van der Waals surface area contributed by atoms with Crippen LogP contribution in [-0.4, -0.2) is 12.1 Å². The van der Waals surface area contributed by atoms with Crippen LogP contribution in [0.25, 0.3) is 0 Å². The normalized spacial score (nSPS) is 23.9. The topological polar surface area (TPSA) is 21.3 Å². The number of rotatable bonds is 4. The van der Waals surface area contributed by atoms with E-state index in [-0.39, 0.29) is 5.60 Å². The number of benzene rings is 1. The molecule has 2 aliphatic rings. The molecule has 1 aromatic rings. The van der Waals surface area contributed by atoms with Gasteiger partial charge in [-0.05, 0) is 50.6 Å². The van der Waals surface area contributed by atoms with Gasteiger partial charge in [0, 0.05) is 18.0 Å². The first-order valence-corrected chi connectivity index (χ1v) is 8.70. The third-order valence-electron chi connectivity index (χ3n) is 5.07. The summed E-state index contributed by atoms with van der Waals surface area (Å²) in [5, 5.41) is 3.80. The molecular formula is C19H29NO. The van der Waals surface area contributed by atoms with E-state index < -0.39 is 0 Å². The molecule has 0 saturated heterocycles. The standard InChI is InChI=1S/C19H29NO/c1-15(2)10-13-20-17-14-19(11-6-3-7-12-19)21-18-9-5-4-8-16(17)18/h4-5,8-9,15,17,20H,3,6-7,10-14H2,1-2H3. The van der Waals surface area contributed by atoms with Crippen molar-refractivity contribution in [1.82, 2.24) is 5.32 Å². The summed E-state index contributed by atoms with van der Waals surface area (Å²) in [5.41, 5.74) is 1.46. The van der Waals surface area contributed by atoms with Crippen LogP contribution in [0.2, 0.25) is 0 Å². The Balaban J connectivity index is 1.77. The third-order valence-corrected chi connectivity index (χ3v) is 5.07. The molecule has 2 heteroatoms. The molecule has 21 heavy (non-hydrogen) atoms. The van der Waals surface area contributed by atoms with Crippen LogP contribution in [-0.2, 0) is 0 Å². The molecule has 3 rings (SSSR count). The van der Waals surface area contributed by atoms with Crippen molar-refractivity contribution in [3.63, 3.8) is 0 Å². The van der Waals surface area contributed by atoms with Crippen molar-refractivity contribution < 1.29 is 4.74 Å². The zero-order valence-electron chi connectivity index (χ0n) is 13.5. The number of hydrogen-bond acceptors (Lipinski definition) is 2. The lowest BCUT2D eigenvalue weighted by Crippen LogP contribution is -2.45. The van der Waals surface area contributed by atoms with Crippen LogP contribution in [0, 0.1) is 5.92 Å². The van der Waals surface area contributed by atoms with Crippen LogP contribution < -0.4 is 10.1 Å². The highest BCUT2D eigenvalue weighted by atomic mass is 16.5. The van der Waals surface area contributed by atoms with Crippen molar-refractivity contribution in [2.24, 2.45) is 5.92 Å². The summed E-state index contributed by atoms with van der Waals surface area (Å²) in [5.74, 6) is 1.88. The lowest BCUT2D eigenvalue weighted by Gasteiger charge is -2.45. The first-order valence-electron chi connectivity index (χ1n) is 8.70. The maximum atomic E-state index is 6.48. The molecule has 1 aromatic carbocycles. The fourth-order valence-corrected chi connectivity index (χ4v) is 3.85. The number of ether oxygens (including phenoxy) is 1. The van der Waals surface area contributed by atoms with Gasteiger partial charge in [-0.25, -0.2) is 0 Å². The van der Waals surface area contributed by atoms with Gasteiger partial charge in [0.1, 0.15) is 11.4 Å². The molecule has 1 spiro atoms. The van der Waals surface area contributed by atoms with Crippen LogP contribution in [0.3, 0.4) is 0 Å². The maximum Gasteiger partial charge on any atom is 0.124 e. The molecule has 1 fully saturated rings. The summed E-state index contributed by atoms with van der Waals surface area (Å²) in [6.07, 6.45) is 8.85. The molecule has 1 unspecified atom stereocenters. The summed E-state index contributed by atoms with van der Waals surface area (Å²) in [7, 11) is 0. The van der Waals surface area contributed by atoms with E-state index in [4.69, 9.17) is 4.74 Å². The number of hydrogen-bond donors (Lipinski definition) is 1. The predicted molar refractivity (Wildman–Crippen MR) is 87.7 cm³/mol. The molecule has 0 amide bonds. The Morgan fingerprint density at radius 1 is 1.19 bits per heavy atom. The molecule has 1 aliphatic carbocycles. The molecule has 1 aliphatic heterocycles. The molecule has 1 atom stereocenters. The zero-order chi connectivity index (χ0) is 14.7. The number of para-hydroxylation sites is 1. The molecule has 2 nitrogen and oxygen atoms in total. The summed E-state index contributed by atoms with van der Waals surface area (Å²) >= 11 is 0. The Morgan fingerprint density at radius 2 is 1.95 bits per heavy atom. The molecule has 0 aromatic heterocycles. The zero-order valence-corrected chi connectivity index (χ0v) is 13.5. The van der Waals surface area contributed by atoms with Crippen LogP contribution >= 0.6 is 0 Å². The molecular weight excluding hydrogens is 258 g/mol. The van der Waals surface area contributed by atoms with Crippen molar-refractivity contribution in [3.8, 4) is 5.75 Å².